The topological polar surface area (TPSA) is 94.5 Å². The second-order valence-electron chi connectivity index (χ2n) is 6.63. The van der Waals surface area contributed by atoms with Gasteiger partial charge in [0, 0.05) is 25.0 Å². The third-order valence-electron chi connectivity index (χ3n) is 4.24. The fourth-order valence-corrected chi connectivity index (χ4v) is 2.82. The van der Waals surface area contributed by atoms with Crippen molar-refractivity contribution < 1.29 is 27.1 Å². The van der Waals surface area contributed by atoms with Gasteiger partial charge in [-0.25, -0.2) is 9.97 Å². The van der Waals surface area contributed by atoms with E-state index in [4.69, 9.17) is 14.9 Å². The second kappa shape index (κ2) is 7.36. The van der Waals surface area contributed by atoms with Crippen LogP contribution in [0.3, 0.4) is 0 Å². The number of hydrogen-bond donors (Lipinski definition) is 1. The van der Waals surface area contributed by atoms with Gasteiger partial charge in [-0.2, -0.15) is 13.2 Å². The van der Waals surface area contributed by atoms with Gasteiger partial charge in [-0.1, -0.05) is 0 Å². The summed E-state index contributed by atoms with van der Waals surface area (Å²) in [5.74, 6) is 0.000245. The predicted octanol–water partition coefficient (Wildman–Crippen LogP) is 3.64. The Kier molecular flexibility index (Phi) is 5.22. The largest absolute Gasteiger partial charge is 0.494 e. The maximum absolute atomic E-state index is 13.1. The second-order valence-corrected chi connectivity index (χ2v) is 6.63. The zero-order valence-electron chi connectivity index (χ0n) is 16.2. The maximum Gasteiger partial charge on any atom is 0.433 e. The molecule has 0 unspecified atom stereocenters. The van der Waals surface area contributed by atoms with Crippen LogP contribution in [0.1, 0.15) is 34.9 Å². The number of nitrogens with zero attached hydrogens (tertiary/aromatic N) is 3. The van der Waals surface area contributed by atoms with Gasteiger partial charge < -0.3 is 19.8 Å². The monoisotopic (exact) mass is 408 g/mol. The fourth-order valence-electron chi connectivity index (χ4n) is 2.82. The Morgan fingerprint density at radius 2 is 1.90 bits per heavy atom. The summed E-state index contributed by atoms with van der Waals surface area (Å²) in [7, 11) is 4.46. The van der Waals surface area contributed by atoms with E-state index in [9.17, 15) is 18.0 Å². The highest BCUT2D eigenvalue weighted by molar-refractivity contribution is 5.98. The zero-order valence-corrected chi connectivity index (χ0v) is 16.2. The van der Waals surface area contributed by atoms with Crippen molar-refractivity contribution >= 4 is 16.8 Å². The number of alkyl halides is 3. The molecule has 0 bridgehead atoms. The van der Waals surface area contributed by atoms with Crippen molar-refractivity contribution in [1.29, 1.82) is 0 Å². The summed E-state index contributed by atoms with van der Waals surface area (Å²) in [5.41, 5.74) is 5.27. The van der Waals surface area contributed by atoms with Gasteiger partial charge in [0.2, 0.25) is 5.89 Å². The summed E-state index contributed by atoms with van der Waals surface area (Å²) < 4.78 is 50.2. The highest BCUT2D eigenvalue weighted by atomic mass is 19.4. The van der Waals surface area contributed by atoms with Gasteiger partial charge in [0.05, 0.1) is 13.2 Å². The number of carbonyl (C=O) groups is 1. The zero-order chi connectivity index (χ0) is 21.5. The maximum atomic E-state index is 13.1. The number of amides is 1. The molecular weight excluding hydrogens is 389 g/mol. The van der Waals surface area contributed by atoms with Gasteiger partial charge in [-0.3, -0.25) is 4.79 Å². The lowest BCUT2D eigenvalue weighted by molar-refractivity contribution is -0.140. The molecule has 0 radical (unpaired) electrons. The summed E-state index contributed by atoms with van der Waals surface area (Å²) in [4.78, 5) is 21.7. The van der Waals surface area contributed by atoms with Crippen LogP contribution in [0.5, 0.6) is 5.75 Å². The number of methoxy groups -OCH3 is 1. The standard InChI is InChI=1S/C19H19F3N4O3/c1-9(23)16-15(18(27)26(2)3)25-17(29-16)11-5-7-12(28-4)14-10(11)6-8-13(24-14)19(20,21)22/h5-9H,23H2,1-4H3/t9-/m0/s1. The lowest BCUT2D eigenvalue weighted by atomic mass is 10.1. The minimum atomic E-state index is -4.61. The molecule has 0 aliphatic rings. The number of benzene rings is 1. The summed E-state index contributed by atoms with van der Waals surface area (Å²) in [6.07, 6.45) is -4.61. The first-order valence-electron chi connectivity index (χ1n) is 8.57. The average Bonchev–Trinajstić information content (AvgIpc) is 3.10. The SMILES string of the molecule is COc1ccc(-c2nc(C(=O)N(C)C)c([C@H](C)N)o2)c2ccc(C(F)(F)F)nc12. The van der Waals surface area contributed by atoms with E-state index in [2.05, 4.69) is 9.97 Å². The Morgan fingerprint density at radius 1 is 1.21 bits per heavy atom. The quantitative estimate of drug-likeness (QED) is 0.708. The predicted molar refractivity (Wildman–Crippen MR) is 99.4 cm³/mol. The highest BCUT2D eigenvalue weighted by Gasteiger charge is 2.33. The average molecular weight is 408 g/mol. The Balaban J connectivity index is 2.25. The third kappa shape index (κ3) is 3.75. The number of halogens is 3. The molecule has 3 rings (SSSR count). The molecule has 2 N–H and O–H groups in total. The van der Waals surface area contributed by atoms with Crippen LogP contribution in [0.2, 0.25) is 0 Å². The Hall–Kier alpha value is -3.14. The van der Waals surface area contributed by atoms with E-state index in [0.717, 1.165) is 6.07 Å². The summed E-state index contributed by atoms with van der Waals surface area (Å²) >= 11 is 0. The molecule has 7 nitrogen and oxygen atoms in total. The van der Waals surface area contributed by atoms with Crippen LogP contribution in [0.15, 0.2) is 28.7 Å². The van der Waals surface area contributed by atoms with Crippen LogP contribution in [-0.4, -0.2) is 42.0 Å². The van der Waals surface area contributed by atoms with Crippen molar-refractivity contribution in [3.63, 3.8) is 0 Å². The Labute approximate surface area is 164 Å². The normalized spacial score (nSPS) is 12.8. The molecule has 2 aromatic heterocycles. The van der Waals surface area contributed by atoms with Crippen molar-refractivity contribution in [2.45, 2.75) is 19.1 Å². The molecule has 29 heavy (non-hydrogen) atoms. The number of oxazole rings is 1. The Morgan fingerprint density at radius 3 is 2.45 bits per heavy atom. The summed E-state index contributed by atoms with van der Waals surface area (Å²) in [6, 6.07) is 4.57. The molecule has 2 heterocycles. The molecule has 0 saturated carbocycles. The van der Waals surface area contributed by atoms with Crippen LogP contribution in [0.25, 0.3) is 22.4 Å². The lowest BCUT2D eigenvalue weighted by Gasteiger charge is -2.11. The van der Waals surface area contributed by atoms with E-state index in [-0.39, 0.29) is 28.6 Å². The Bertz CT molecular complexity index is 1070. The van der Waals surface area contributed by atoms with Crippen molar-refractivity contribution in [2.75, 3.05) is 21.2 Å². The van der Waals surface area contributed by atoms with Crippen molar-refractivity contribution in [3.05, 3.63) is 41.4 Å². The lowest BCUT2D eigenvalue weighted by Crippen LogP contribution is -2.24. The van der Waals surface area contributed by atoms with E-state index in [0.29, 0.717) is 10.9 Å². The number of fused-ring (bicyclic) bond motifs is 1. The molecule has 0 fully saturated rings. The van der Waals surface area contributed by atoms with Gasteiger partial charge in [0.25, 0.3) is 5.91 Å². The molecule has 3 aromatic rings. The molecule has 0 saturated heterocycles. The van der Waals surface area contributed by atoms with Gasteiger partial charge in [0.15, 0.2) is 11.5 Å². The smallest absolute Gasteiger partial charge is 0.433 e. The van der Waals surface area contributed by atoms with Gasteiger partial charge in [-0.05, 0) is 31.2 Å². The number of rotatable bonds is 4. The molecule has 0 aliphatic heterocycles. The first kappa shape index (κ1) is 20.6. The molecule has 154 valence electrons. The van der Waals surface area contributed by atoms with E-state index in [1.54, 1.807) is 27.1 Å². The number of nitrogens with two attached hydrogens (primary N) is 1. The van der Waals surface area contributed by atoms with E-state index in [1.165, 1.54) is 24.1 Å². The highest BCUT2D eigenvalue weighted by Crippen LogP contribution is 2.37. The molecular formula is C19H19F3N4O3. The summed E-state index contributed by atoms with van der Waals surface area (Å²) in [6.45, 7) is 1.64. The fraction of sp³-hybridized carbons (Fsp3) is 0.316. The third-order valence-corrected chi connectivity index (χ3v) is 4.24. The molecule has 1 aromatic carbocycles. The van der Waals surface area contributed by atoms with Crippen molar-refractivity contribution in [1.82, 2.24) is 14.9 Å². The molecule has 1 amide bonds. The van der Waals surface area contributed by atoms with Gasteiger partial charge in [-0.15, -0.1) is 0 Å². The van der Waals surface area contributed by atoms with E-state index in [1.807, 2.05) is 0 Å². The molecule has 0 spiro atoms. The molecule has 0 aliphatic carbocycles. The minimum absolute atomic E-state index is 0.000794. The number of pyridine rings is 1. The van der Waals surface area contributed by atoms with Crippen LogP contribution < -0.4 is 10.5 Å². The van der Waals surface area contributed by atoms with E-state index >= 15 is 0 Å². The van der Waals surface area contributed by atoms with Crippen LogP contribution in [0.4, 0.5) is 13.2 Å². The first-order valence-corrected chi connectivity index (χ1v) is 8.57. The van der Waals surface area contributed by atoms with Gasteiger partial charge >= 0.3 is 6.18 Å². The van der Waals surface area contributed by atoms with E-state index < -0.39 is 23.8 Å². The number of hydrogen-bond acceptors (Lipinski definition) is 6. The van der Waals surface area contributed by atoms with Crippen molar-refractivity contribution in [3.8, 4) is 17.2 Å². The number of aromatic nitrogens is 2. The van der Waals surface area contributed by atoms with Crippen LogP contribution >= 0.6 is 0 Å². The number of carbonyl (C=O) groups excluding carboxylic acids is 1. The molecule has 10 heteroatoms. The molecule has 1 atom stereocenters. The summed E-state index contributed by atoms with van der Waals surface area (Å²) in [5, 5.41) is 0.332. The van der Waals surface area contributed by atoms with Crippen molar-refractivity contribution in [2.24, 2.45) is 5.73 Å². The minimum Gasteiger partial charge on any atom is -0.494 e. The van der Waals surface area contributed by atoms with Crippen LogP contribution in [0, 0.1) is 0 Å². The number of ether oxygens (including phenoxy) is 1. The van der Waals surface area contributed by atoms with Crippen LogP contribution in [-0.2, 0) is 6.18 Å². The van der Waals surface area contributed by atoms with Gasteiger partial charge in [0.1, 0.15) is 17.0 Å². The first-order chi connectivity index (χ1) is 13.5.